The Kier molecular flexibility index (Phi) is 5.61. The van der Waals surface area contributed by atoms with Crippen molar-refractivity contribution < 1.29 is 34.8 Å². The molecule has 0 saturated heterocycles. The predicted molar refractivity (Wildman–Crippen MR) is 122 cm³/mol. The summed E-state index contributed by atoms with van der Waals surface area (Å²) in [4.78, 5) is 38.2. The number of phenols is 1. The number of Topliss-reactive ketones (excluding diaryl/α,β-unsaturated/α-hetero) is 2. The number of hydrogen-bond donors (Lipinski definition) is 6. The molecule has 34 heavy (non-hydrogen) atoms. The number of carbonyl (C=O) groups is 3. The fourth-order valence-corrected chi connectivity index (χ4v) is 5.42. The minimum absolute atomic E-state index is 0.0340. The molecule has 0 unspecified atom stereocenters. The van der Waals surface area contributed by atoms with Gasteiger partial charge in [0.2, 0.25) is 5.78 Å². The standard InChI is InChI=1S/C25H30N2O7/c1-24(2,3)10-27-9-11-4-5-15(28)18-14(11)7-12-6-13-8-16(29)19(23(26)33)22(32)25(13,34)21(31)17(12)20(18)30/h4-5,12-13,27-29,31,34H,6-10H2,1-3H3,(H2,26,33)/t12-,13+,25+/m1/s1. The average Bonchev–Trinajstić information content (AvgIpc) is 2.71. The molecule has 0 aromatic heterocycles. The molecule has 3 atom stereocenters. The maximum Gasteiger partial charge on any atom is 0.255 e. The molecule has 0 bridgehead atoms. The molecule has 182 valence electrons. The van der Waals surface area contributed by atoms with Gasteiger partial charge >= 0.3 is 0 Å². The summed E-state index contributed by atoms with van der Waals surface area (Å²) < 4.78 is 0. The van der Waals surface area contributed by atoms with Gasteiger partial charge in [-0.05, 0) is 41.4 Å². The number of carbonyl (C=O) groups excluding carboxylic acids is 3. The number of nitrogens with two attached hydrogens (primary N) is 1. The van der Waals surface area contributed by atoms with Crippen molar-refractivity contribution in [1.82, 2.24) is 5.32 Å². The van der Waals surface area contributed by atoms with Gasteiger partial charge in [-0.15, -0.1) is 0 Å². The van der Waals surface area contributed by atoms with Gasteiger partial charge in [-0.3, -0.25) is 14.4 Å². The van der Waals surface area contributed by atoms with Crippen LogP contribution in [0.5, 0.6) is 5.75 Å². The van der Waals surface area contributed by atoms with E-state index in [-0.39, 0.29) is 35.1 Å². The third-order valence-corrected chi connectivity index (χ3v) is 7.01. The fourth-order valence-electron chi connectivity index (χ4n) is 5.42. The normalized spacial score (nSPS) is 26.8. The number of fused-ring (bicyclic) bond motifs is 3. The molecule has 0 fully saturated rings. The van der Waals surface area contributed by atoms with Gasteiger partial charge in [0, 0.05) is 31.0 Å². The fraction of sp³-hybridized carbons (Fsp3) is 0.480. The smallest absolute Gasteiger partial charge is 0.255 e. The summed E-state index contributed by atoms with van der Waals surface area (Å²) in [5.41, 5.74) is 3.31. The van der Waals surface area contributed by atoms with Gasteiger partial charge in [-0.2, -0.15) is 0 Å². The maximum absolute atomic E-state index is 13.5. The number of phenolic OH excluding ortho intramolecular Hbond substituents is 1. The molecule has 9 heteroatoms. The van der Waals surface area contributed by atoms with E-state index in [1.807, 2.05) is 0 Å². The number of allylic oxidation sites excluding steroid dienone is 2. The molecule has 1 aromatic carbocycles. The molecular weight excluding hydrogens is 440 g/mol. The zero-order valence-electron chi connectivity index (χ0n) is 19.4. The van der Waals surface area contributed by atoms with Gasteiger partial charge in [0.1, 0.15) is 22.8 Å². The minimum Gasteiger partial charge on any atom is -0.511 e. The van der Waals surface area contributed by atoms with E-state index in [4.69, 9.17) is 5.73 Å². The molecule has 1 amide bonds. The Bertz CT molecular complexity index is 1170. The molecule has 0 aliphatic heterocycles. The van der Waals surface area contributed by atoms with Crippen molar-refractivity contribution in [2.75, 3.05) is 6.54 Å². The highest BCUT2D eigenvalue weighted by Gasteiger charge is 2.59. The summed E-state index contributed by atoms with van der Waals surface area (Å²) in [5, 5.41) is 46.4. The van der Waals surface area contributed by atoms with Crippen LogP contribution in [0, 0.1) is 17.3 Å². The highest BCUT2D eigenvalue weighted by Crippen LogP contribution is 2.51. The van der Waals surface area contributed by atoms with Gasteiger partial charge in [0.25, 0.3) is 5.91 Å². The second-order valence-corrected chi connectivity index (χ2v) is 10.7. The highest BCUT2D eigenvalue weighted by atomic mass is 16.3. The topological polar surface area (TPSA) is 170 Å². The Hall–Kier alpha value is -3.17. The maximum atomic E-state index is 13.5. The first-order chi connectivity index (χ1) is 15.8. The lowest BCUT2D eigenvalue weighted by Crippen LogP contribution is -2.57. The second-order valence-electron chi connectivity index (χ2n) is 10.7. The van der Waals surface area contributed by atoms with Gasteiger partial charge < -0.3 is 31.5 Å². The first-order valence-corrected chi connectivity index (χ1v) is 11.3. The second kappa shape index (κ2) is 7.95. The number of hydrogen-bond acceptors (Lipinski definition) is 8. The molecular formula is C25H30N2O7. The Balaban J connectivity index is 1.78. The Morgan fingerprint density at radius 3 is 2.47 bits per heavy atom. The van der Waals surface area contributed by atoms with Gasteiger partial charge in [-0.1, -0.05) is 26.8 Å². The SMILES string of the molecule is CC(C)(C)CNCc1ccc(O)c2c1C[C@H]1C[C@H]3CC(O)=C(C(N)=O)C(=O)[C@@]3(O)C(O)=C1C2=O. The highest BCUT2D eigenvalue weighted by molar-refractivity contribution is 6.24. The number of aliphatic hydroxyl groups excluding tert-OH is 2. The van der Waals surface area contributed by atoms with E-state index in [0.29, 0.717) is 18.5 Å². The Morgan fingerprint density at radius 1 is 1.18 bits per heavy atom. The van der Waals surface area contributed by atoms with E-state index >= 15 is 0 Å². The first kappa shape index (κ1) is 24.0. The Labute approximate surface area is 197 Å². The van der Waals surface area contributed by atoms with Crippen molar-refractivity contribution in [1.29, 1.82) is 0 Å². The lowest BCUT2D eigenvalue weighted by atomic mass is 9.60. The monoisotopic (exact) mass is 470 g/mol. The number of amides is 1. The number of ketones is 2. The number of aliphatic hydroxyl groups is 3. The molecule has 1 aromatic rings. The van der Waals surface area contributed by atoms with E-state index in [9.17, 15) is 34.8 Å². The number of nitrogens with one attached hydrogen (secondary N) is 1. The number of aromatic hydroxyl groups is 1. The van der Waals surface area contributed by atoms with E-state index in [1.165, 1.54) is 6.07 Å². The Morgan fingerprint density at radius 2 is 1.85 bits per heavy atom. The molecule has 3 aliphatic carbocycles. The van der Waals surface area contributed by atoms with Crippen LogP contribution >= 0.6 is 0 Å². The van der Waals surface area contributed by atoms with Crippen molar-refractivity contribution in [3.8, 4) is 5.75 Å². The van der Waals surface area contributed by atoms with Crippen LogP contribution in [-0.4, -0.2) is 50.0 Å². The molecule has 0 saturated carbocycles. The summed E-state index contributed by atoms with van der Waals surface area (Å²) in [7, 11) is 0. The third kappa shape index (κ3) is 3.59. The molecule has 9 nitrogen and oxygen atoms in total. The lowest BCUT2D eigenvalue weighted by Gasteiger charge is -2.45. The third-order valence-electron chi connectivity index (χ3n) is 7.01. The van der Waals surface area contributed by atoms with E-state index < -0.39 is 52.0 Å². The number of rotatable bonds is 4. The molecule has 0 spiro atoms. The molecule has 3 aliphatic rings. The summed E-state index contributed by atoms with van der Waals surface area (Å²) >= 11 is 0. The van der Waals surface area contributed by atoms with Crippen molar-refractivity contribution in [3.05, 3.63) is 51.5 Å². The molecule has 0 heterocycles. The summed E-state index contributed by atoms with van der Waals surface area (Å²) in [6.07, 6.45) is 0.179. The molecule has 7 N–H and O–H groups in total. The summed E-state index contributed by atoms with van der Waals surface area (Å²) in [6, 6.07) is 3.17. The van der Waals surface area contributed by atoms with Crippen LogP contribution in [0.4, 0.5) is 0 Å². The van der Waals surface area contributed by atoms with E-state index in [2.05, 4.69) is 26.1 Å². The first-order valence-electron chi connectivity index (χ1n) is 11.3. The van der Waals surface area contributed by atoms with Crippen molar-refractivity contribution in [2.24, 2.45) is 23.0 Å². The predicted octanol–water partition coefficient (Wildman–Crippen LogP) is 1.72. The van der Waals surface area contributed by atoms with E-state index in [1.54, 1.807) is 6.07 Å². The summed E-state index contributed by atoms with van der Waals surface area (Å²) in [5.74, 6) is -6.21. The van der Waals surface area contributed by atoms with Gasteiger partial charge in [0.05, 0.1) is 5.56 Å². The van der Waals surface area contributed by atoms with Crippen LogP contribution < -0.4 is 11.1 Å². The largest absolute Gasteiger partial charge is 0.511 e. The van der Waals surface area contributed by atoms with Crippen LogP contribution in [-0.2, 0) is 22.6 Å². The van der Waals surface area contributed by atoms with Crippen molar-refractivity contribution in [3.63, 3.8) is 0 Å². The quantitative estimate of drug-likeness (QED) is 0.361. The van der Waals surface area contributed by atoms with Gasteiger partial charge in [-0.25, -0.2) is 0 Å². The van der Waals surface area contributed by atoms with Crippen LogP contribution in [0.2, 0.25) is 0 Å². The zero-order valence-corrected chi connectivity index (χ0v) is 19.4. The van der Waals surface area contributed by atoms with E-state index in [0.717, 1.165) is 12.1 Å². The van der Waals surface area contributed by atoms with Crippen molar-refractivity contribution >= 4 is 17.5 Å². The van der Waals surface area contributed by atoms with Crippen LogP contribution in [0.25, 0.3) is 0 Å². The number of benzene rings is 1. The van der Waals surface area contributed by atoms with Crippen LogP contribution in [0.1, 0.15) is 55.1 Å². The average molecular weight is 471 g/mol. The lowest BCUT2D eigenvalue weighted by molar-refractivity contribution is -0.144. The van der Waals surface area contributed by atoms with Crippen LogP contribution in [0.15, 0.2) is 34.8 Å². The van der Waals surface area contributed by atoms with Gasteiger partial charge in [0.15, 0.2) is 11.4 Å². The minimum atomic E-state index is -2.54. The molecule has 0 radical (unpaired) electrons. The zero-order chi connectivity index (χ0) is 25.2. The van der Waals surface area contributed by atoms with Crippen LogP contribution in [0.3, 0.4) is 0 Å². The number of primary amides is 1. The van der Waals surface area contributed by atoms with Crippen molar-refractivity contribution in [2.45, 2.75) is 52.2 Å². The summed E-state index contributed by atoms with van der Waals surface area (Å²) in [6.45, 7) is 7.49. The molecule has 4 rings (SSSR count).